The zero-order chi connectivity index (χ0) is 19.4. The van der Waals surface area contributed by atoms with Crippen LogP contribution < -0.4 is 19.5 Å². The van der Waals surface area contributed by atoms with Crippen molar-refractivity contribution in [3.8, 4) is 17.2 Å². The van der Waals surface area contributed by atoms with Crippen LogP contribution in [0.15, 0.2) is 42.5 Å². The van der Waals surface area contributed by atoms with Crippen LogP contribution in [0, 0.1) is 0 Å². The number of carbonyl (C=O) groups is 1. The van der Waals surface area contributed by atoms with E-state index >= 15 is 0 Å². The fourth-order valence-corrected chi connectivity index (χ4v) is 3.33. The van der Waals surface area contributed by atoms with Gasteiger partial charge in [-0.2, -0.15) is 4.31 Å². The van der Waals surface area contributed by atoms with E-state index in [0.717, 1.165) is 10.6 Å². The molecule has 2 aromatic rings. The Bertz CT molecular complexity index is 945. The van der Waals surface area contributed by atoms with Crippen molar-refractivity contribution in [1.29, 1.82) is 0 Å². The molecule has 0 bridgehead atoms. The Morgan fingerprint density at radius 2 is 1.96 bits per heavy atom. The van der Waals surface area contributed by atoms with E-state index in [0.29, 0.717) is 28.5 Å². The molecule has 0 saturated carbocycles. The summed E-state index contributed by atoms with van der Waals surface area (Å²) in [5, 5.41) is 2.68. The molecular weight excluding hydrogens is 372 g/mol. The Morgan fingerprint density at radius 1 is 1.19 bits per heavy atom. The van der Waals surface area contributed by atoms with Crippen molar-refractivity contribution in [2.75, 3.05) is 32.0 Å². The van der Waals surface area contributed by atoms with Gasteiger partial charge in [-0.25, -0.2) is 8.42 Å². The third kappa shape index (κ3) is 4.89. The molecule has 1 aliphatic rings. The van der Waals surface area contributed by atoms with Crippen LogP contribution in [-0.4, -0.2) is 45.3 Å². The summed E-state index contributed by atoms with van der Waals surface area (Å²) in [5.41, 5.74) is 1.22. The van der Waals surface area contributed by atoms with E-state index in [1.165, 1.54) is 7.11 Å². The van der Waals surface area contributed by atoms with E-state index in [9.17, 15) is 13.2 Å². The third-order valence-corrected chi connectivity index (χ3v) is 5.13. The van der Waals surface area contributed by atoms with Crippen molar-refractivity contribution >= 4 is 21.6 Å². The van der Waals surface area contributed by atoms with Gasteiger partial charge in [0.25, 0.3) is 0 Å². The van der Waals surface area contributed by atoms with Crippen LogP contribution in [0.4, 0.5) is 5.69 Å². The number of methoxy groups -OCH3 is 1. The minimum Gasteiger partial charge on any atom is -0.497 e. The molecule has 144 valence electrons. The number of sulfonamides is 1. The van der Waals surface area contributed by atoms with Gasteiger partial charge in [-0.05, 0) is 29.8 Å². The minimum atomic E-state index is -3.60. The maximum atomic E-state index is 12.3. The molecule has 0 aliphatic carbocycles. The molecule has 0 unspecified atom stereocenters. The standard InChI is InChI=1S/C18H20N2O6S/c1-24-15-5-3-4-14(9-15)19-18(21)11-20(27(2,22)23)10-13-6-7-16-17(8-13)26-12-25-16/h3-9H,10-12H2,1-2H3,(H,19,21). The Kier molecular flexibility index (Phi) is 5.52. The van der Waals surface area contributed by atoms with Gasteiger partial charge in [0.05, 0.1) is 19.9 Å². The molecule has 0 spiro atoms. The van der Waals surface area contributed by atoms with Crippen molar-refractivity contribution < 1.29 is 27.4 Å². The van der Waals surface area contributed by atoms with Crippen molar-refractivity contribution in [1.82, 2.24) is 4.31 Å². The highest BCUT2D eigenvalue weighted by Crippen LogP contribution is 2.33. The van der Waals surface area contributed by atoms with Gasteiger partial charge in [0.1, 0.15) is 5.75 Å². The normalized spacial score (nSPS) is 12.9. The number of hydrogen-bond donors (Lipinski definition) is 1. The number of hydrogen-bond acceptors (Lipinski definition) is 6. The second kappa shape index (κ2) is 7.85. The summed E-state index contributed by atoms with van der Waals surface area (Å²) < 4.78 is 41.0. The number of benzene rings is 2. The molecule has 1 aliphatic heterocycles. The molecule has 0 radical (unpaired) electrons. The summed E-state index contributed by atoms with van der Waals surface area (Å²) >= 11 is 0. The number of fused-ring (bicyclic) bond motifs is 1. The summed E-state index contributed by atoms with van der Waals surface area (Å²) in [5.74, 6) is 1.31. The van der Waals surface area contributed by atoms with Crippen molar-refractivity contribution in [2.45, 2.75) is 6.54 Å². The molecule has 1 amide bonds. The first-order valence-electron chi connectivity index (χ1n) is 8.13. The number of carbonyl (C=O) groups excluding carboxylic acids is 1. The zero-order valence-electron chi connectivity index (χ0n) is 15.0. The van der Waals surface area contributed by atoms with Gasteiger partial charge in [0.15, 0.2) is 11.5 Å². The first-order chi connectivity index (χ1) is 12.8. The Balaban J connectivity index is 1.70. The van der Waals surface area contributed by atoms with Gasteiger partial charge in [0.2, 0.25) is 22.7 Å². The minimum absolute atomic E-state index is 0.0427. The van der Waals surface area contributed by atoms with E-state index < -0.39 is 15.9 Å². The van der Waals surface area contributed by atoms with Gasteiger partial charge < -0.3 is 19.5 Å². The maximum Gasteiger partial charge on any atom is 0.239 e. The molecule has 9 heteroatoms. The summed E-state index contributed by atoms with van der Waals surface area (Å²) in [7, 11) is -2.08. The highest BCUT2D eigenvalue weighted by molar-refractivity contribution is 7.88. The summed E-state index contributed by atoms with van der Waals surface area (Å²) in [6.45, 7) is -0.136. The number of rotatable bonds is 7. The first kappa shape index (κ1) is 19.0. The Morgan fingerprint density at radius 3 is 2.70 bits per heavy atom. The van der Waals surface area contributed by atoms with Crippen LogP contribution in [0.25, 0.3) is 0 Å². The van der Waals surface area contributed by atoms with Crippen LogP contribution in [0.5, 0.6) is 17.2 Å². The van der Waals surface area contributed by atoms with Crippen LogP contribution in [0.2, 0.25) is 0 Å². The second-order valence-electron chi connectivity index (χ2n) is 6.00. The zero-order valence-corrected chi connectivity index (χ0v) is 15.8. The smallest absolute Gasteiger partial charge is 0.239 e. The topological polar surface area (TPSA) is 94.2 Å². The van der Waals surface area contributed by atoms with E-state index in [-0.39, 0.29) is 19.9 Å². The molecule has 0 atom stereocenters. The molecule has 1 heterocycles. The molecule has 0 fully saturated rings. The van der Waals surface area contributed by atoms with Crippen LogP contribution in [0.1, 0.15) is 5.56 Å². The number of nitrogens with one attached hydrogen (secondary N) is 1. The first-order valence-corrected chi connectivity index (χ1v) is 9.97. The number of anilines is 1. The van der Waals surface area contributed by atoms with Gasteiger partial charge in [-0.1, -0.05) is 12.1 Å². The van der Waals surface area contributed by atoms with Crippen LogP contribution >= 0.6 is 0 Å². The maximum absolute atomic E-state index is 12.3. The predicted molar refractivity (Wildman–Crippen MR) is 99.4 cm³/mol. The fourth-order valence-electron chi connectivity index (χ4n) is 2.59. The molecule has 2 aromatic carbocycles. The Hall–Kier alpha value is -2.78. The summed E-state index contributed by atoms with van der Waals surface area (Å²) in [6, 6.07) is 12.0. The van der Waals surface area contributed by atoms with Crippen LogP contribution in [0.3, 0.4) is 0 Å². The van der Waals surface area contributed by atoms with Gasteiger partial charge in [-0.15, -0.1) is 0 Å². The lowest BCUT2D eigenvalue weighted by atomic mass is 10.2. The lowest BCUT2D eigenvalue weighted by Crippen LogP contribution is -2.36. The fraction of sp³-hybridized carbons (Fsp3) is 0.278. The van der Waals surface area contributed by atoms with E-state index in [1.54, 1.807) is 42.5 Å². The SMILES string of the molecule is COc1cccc(NC(=O)CN(Cc2ccc3c(c2)OCO3)S(C)(=O)=O)c1. The highest BCUT2D eigenvalue weighted by atomic mass is 32.2. The lowest BCUT2D eigenvalue weighted by Gasteiger charge is -2.20. The van der Waals surface area contributed by atoms with Gasteiger partial charge in [-0.3, -0.25) is 4.79 Å². The predicted octanol–water partition coefficient (Wildman–Crippen LogP) is 1.82. The third-order valence-electron chi connectivity index (χ3n) is 3.94. The van der Waals surface area contributed by atoms with Crippen molar-refractivity contribution in [3.05, 3.63) is 48.0 Å². The number of amides is 1. The lowest BCUT2D eigenvalue weighted by molar-refractivity contribution is -0.116. The molecule has 1 N–H and O–H groups in total. The average Bonchev–Trinajstić information content (AvgIpc) is 3.08. The average molecular weight is 392 g/mol. The van der Waals surface area contributed by atoms with Gasteiger partial charge >= 0.3 is 0 Å². The van der Waals surface area contributed by atoms with E-state index in [4.69, 9.17) is 14.2 Å². The molecule has 3 rings (SSSR count). The van der Waals surface area contributed by atoms with E-state index in [1.807, 2.05) is 0 Å². The summed E-state index contributed by atoms with van der Waals surface area (Å²) in [6.07, 6.45) is 1.07. The molecule has 27 heavy (non-hydrogen) atoms. The quantitative estimate of drug-likeness (QED) is 0.773. The van der Waals surface area contributed by atoms with Crippen molar-refractivity contribution in [2.24, 2.45) is 0 Å². The highest BCUT2D eigenvalue weighted by Gasteiger charge is 2.22. The largest absolute Gasteiger partial charge is 0.497 e. The van der Waals surface area contributed by atoms with Gasteiger partial charge in [0, 0.05) is 18.3 Å². The summed E-state index contributed by atoms with van der Waals surface area (Å²) in [4.78, 5) is 12.3. The van der Waals surface area contributed by atoms with E-state index in [2.05, 4.69) is 5.32 Å². The molecule has 0 aromatic heterocycles. The monoisotopic (exact) mass is 392 g/mol. The second-order valence-corrected chi connectivity index (χ2v) is 7.98. The van der Waals surface area contributed by atoms with Crippen molar-refractivity contribution in [3.63, 3.8) is 0 Å². The number of ether oxygens (including phenoxy) is 3. The van der Waals surface area contributed by atoms with Crippen LogP contribution in [-0.2, 0) is 21.4 Å². The Labute approximate surface area is 157 Å². The number of nitrogens with zero attached hydrogens (tertiary/aromatic N) is 1. The molecule has 8 nitrogen and oxygen atoms in total. The molecule has 0 saturated heterocycles. The molecular formula is C18H20N2O6S.